The van der Waals surface area contributed by atoms with Crippen LogP contribution in [0.15, 0.2) is 48.5 Å². The fraction of sp³-hybridized carbons (Fsp3) is 0.391. The molecule has 3 rings (SSSR count). The fourth-order valence-corrected chi connectivity index (χ4v) is 3.42. The highest BCUT2D eigenvalue weighted by Crippen LogP contribution is 2.33. The van der Waals surface area contributed by atoms with Gasteiger partial charge < -0.3 is 0 Å². The van der Waals surface area contributed by atoms with Crippen LogP contribution in [0.4, 0.5) is 0 Å². The molecule has 1 aromatic heterocycles. The number of hydrogen-bond donors (Lipinski definition) is 0. The van der Waals surface area contributed by atoms with Crippen LogP contribution in [0.1, 0.15) is 59.2 Å². The van der Waals surface area contributed by atoms with Crippen LogP contribution < -0.4 is 0 Å². The summed E-state index contributed by atoms with van der Waals surface area (Å²) in [5.41, 5.74) is 6.01. The molecule has 0 radical (unpaired) electrons. The van der Waals surface area contributed by atoms with E-state index in [9.17, 15) is 0 Å². The summed E-state index contributed by atoms with van der Waals surface area (Å²) in [4.78, 5) is 5.03. The van der Waals surface area contributed by atoms with Gasteiger partial charge in [0.05, 0.1) is 5.69 Å². The van der Waals surface area contributed by atoms with Crippen molar-refractivity contribution < 1.29 is 4.58 Å². The normalized spacial score (nSPS) is 15.1. The number of allylic oxidation sites excluding steroid dienone is 1. The van der Waals surface area contributed by atoms with Gasteiger partial charge in [0.1, 0.15) is 11.9 Å². The van der Waals surface area contributed by atoms with E-state index in [1.54, 1.807) is 0 Å². The Bertz CT molecular complexity index is 843. The maximum Gasteiger partial charge on any atom is 0.227 e. The first-order chi connectivity index (χ1) is 11.7. The first-order valence-corrected chi connectivity index (χ1v) is 9.08. The van der Waals surface area contributed by atoms with E-state index in [0.717, 1.165) is 17.8 Å². The molecule has 2 heteroatoms. The highest BCUT2D eigenvalue weighted by molar-refractivity contribution is 5.72. The second-order valence-electron chi connectivity index (χ2n) is 8.75. The van der Waals surface area contributed by atoms with Crippen LogP contribution >= 0.6 is 0 Å². The Hall–Kier alpha value is -2.22. The molecule has 2 nitrogen and oxygen atoms in total. The molecule has 130 valence electrons. The lowest BCUT2D eigenvalue weighted by Gasteiger charge is -2.23. The minimum absolute atomic E-state index is 0.0589. The van der Waals surface area contributed by atoms with E-state index in [1.165, 1.54) is 16.8 Å². The van der Waals surface area contributed by atoms with Crippen molar-refractivity contribution in [2.75, 3.05) is 0 Å². The third-order valence-electron chi connectivity index (χ3n) is 4.60. The molecule has 2 aromatic rings. The second-order valence-corrected chi connectivity index (χ2v) is 8.75. The van der Waals surface area contributed by atoms with Crippen molar-refractivity contribution in [2.24, 2.45) is 0 Å². The molecule has 1 aliphatic rings. The monoisotopic (exact) mass is 333 g/mol. The second kappa shape index (κ2) is 6.25. The molecule has 0 unspecified atom stereocenters. The number of aromatic nitrogens is 1. The summed E-state index contributed by atoms with van der Waals surface area (Å²) in [6.45, 7) is 13.5. The molecule has 0 N–H and O–H groups in total. The molecule has 0 amide bonds. The number of pyridine rings is 1. The summed E-state index contributed by atoms with van der Waals surface area (Å²) >= 11 is 0. The van der Waals surface area contributed by atoms with Gasteiger partial charge in [0.25, 0.3) is 0 Å². The van der Waals surface area contributed by atoms with Crippen molar-refractivity contribution in [3.63, 3.8) is 0 Å². The van der Waals surface area contributed by atoms with Gasteiger partial charge in [-0.3, -0.25) is 0 Å². The molecule has 0 saturated carbocycles. The average molecular weight is 333 g/mol. The highest BCUT2D eigenvalue weighted by atomic mass is 15.1. The minimum Gasteiger partial charge on any atom is -0.241 e. The van der Waals surface area contributed by atoms with Crippen molar-refractivity contribution in [1.29, 1.82) is 0 Å². The molecule has 0 bridgehead atoms. The summed E-state index contributed by atoms with van der Waals surface area (Å²) in [5.74, 6) is 0. The number of rotatable bonds is 2. The van der Waals surface area contributed by atoms with Gasteiger partial charge in [0, 0.05) is 32.8 Å². The molecule has 1 aromatic carbocycles. The van der Waals surface area contributed by atoms with Crippen LogP contribution in [0.5, 0.6) is 0 Å². The van der Waals surface area contributed by atoms with E-state index in [-0.39, 0.29) is 11.0 Å². The molecular formula is C23H29N2+. The predicted molar refractivity (Wildman–Crippen MR) is 107 cm³/mol. The van der Waals surface area contributed by atoms with Gasteiger partial charge in [-0.05, 0) is 29.2 Å². The molecule has 25 heavy (non-hydrogen) atoms. The number of benzene rings is 1. The fourth-order valence-electron chi connectivity index (χ4n) is 3.42. The Morgan fingerprint density at radius 1 is 0.840 bits per heavy atom. The molecule has 1 aliphatic heterocycles. The van der Waals surface area contributed by atoms with Crippen LogP contribution in [0, 0.1) is 0 Å². The summed E-state index contributed by atoms with van der Waals surface area (Å²) in [5, 5.41) is 0. The van der Waals surface area contributed by atoms with Gasteiger partial charge in [-0.25, -0.2) is 4.98 Å². The molecule has 2 heterocycles. The SMILES string of the molecule is CC(C)(C)c1ccccc1-c1cccc(C2=CCC=[N+]2C(C)(C)C)n1. The minimum atomic E-state index is 0.0589. The predicted octanol–water partition coefficient (Wildman–Crippen LogP) is 5.67. The zero-order valence-corrected chi connectivity index (χ0v) is 16.3. The molecule has 0 atom stereocenters. The topological polar surface area (TPSA) is 15.9 Å². The maximum atomic E-state index is 5.03. The molecular weight excluding hydrogens is 304 g/mol. The van der Waals surface area contributed by atoms with Crippen LogP contribution in [0.2, 0.25) is 0 Å². The zero-order chi connectivity index (χ0) is 18.2. The van der Waals surface area contributed by atoms with E-state index in [1.807, 2.05) is 0 Å². The molecule has 0 fully saturated rings. The first-order valence-electron chi connectivity index (χ1n) is 9.08. The molecule has 0 spiro atoms. The van der Waals surface area contributed by atoms with Gasteiger partial charge in [0.2, 0.25) is 5.70 Å². The van der Waals surface area contributed by atoms with E-state index in [0.29, 0.717) is 0 Å². The van der Waals surface area contributed by atoms with Gasteiger partial charge in [-0.1, -0.05) is 51.1 Å². The van der Waals surface area contributed by atoms with Crippen molar-refractivity contribution in [3.8, 4) is 11.3 Å². The van der Waals surface area contributed by atoms with Crippen molar-refractivity contribution >= 4 is 11.9 Å². The van der Waals surface area contributed by atoms with Crippen LogP contribution in [-0.2, 0) is 5.41 Å². The molecule has 0 aliphatic carbocycles. The Morgan fingerprint density at radius 3 is 2.20 bits per heavy atom. The van der Waals surface area contributed by atoms with Crippen LogP contribution in [0.25, 0.3) is 17.0 Å². The van der Waals surface area contributed by atoms with Crippen molar-refractivity contribution in [2.45, 2.75) is 58.9 Å². The van der Waals surface area contributed by atoms with Crippen molar-refractivity contribution in [3.05, 3.63) is 59.8 Å². The first kappa shape index (κ1) is 17.6. The Labute approximate surface area is 151 Å². The maximum absolute atomic E-state index is 5.03. The summed E-state index contributed by atoms with van der Waals surface area (Å²) < 4.78 is 2.34. The van der Waals surface area contributed by atoms with E-state index in [4.69, 9.17) is 4.98 Å². The molecule has 0 saturated heterocycles. The number of hydrogen-bond acceptors (Lipinski definition) is 1. The Morgan fingerprint density at radius 2 is 1.52 bits per heavy atom. The van der Waals surface area contributed by atoms with E-state index >= 15 is 0 Å². The zero-order valence-electron chi connectivity index (χ0n) is 16.3. The largest absolute Gasteiger partial charge is 0.241 e. The van der Waals surface area contributed by atoms with Gasteiger partial charge in [0.15, 0.2) is 5.54 Å². The lowest BCUT2D eigenvalue weighted by atomic mass is 9.83. The van der Waals surface area contributed by atoms with E-state index < -0.39 is 0 Å². The van der Waals surface area contributed by atoms with Crippen molar-refractivity contribution in [1.82, 2.24) is 4.98 Å². The summed E-state index contributed by atoms with van der Waals surface area (Å²) in [6.07, 6.45) is 5.50. The third kappa shape index (κ3) is 3.58. The smallest absolute Gasteiger partial charge is 0.227 e. The lowest BCUT2D eigenvalue weighted by Crippen LogP contribution is -2.31. The standard InChI is InChI=1S/C23H29N2/c1-22(2,3)18-12-8-7-11-17(18)19-13-9-14-20(24-19)21-15-10-16-25(21)23(4,5)6/h7-9,11-16H,10H2,1-6H3/q+1. The van der Waals surface area contributed by atoms with Gasteiger partial charge in [-0.2, -0.15) is 4.58 Å². The van der Waals surface area contributed by atoms with Gasteiger partial charge in [-0.15, -0.1) is 0 Å². The summed E-state index contributed by atoms with van der Waals surface area (Å²) in [7, 11) is 0. The average Bonchev–Trinajstić information content (AvgIpc) is 3.04. The Kier molecular flexibility index (Phi) is 4.40. The van der Waals surface area contributed by atoms with Gasteiger partial charge >= 0.3 is 0 Å². The lowest BCUT2D eigenvalue weighted by molar-refractivity contribution is -0.506. The quantitative estimate of drug-likeness (QED) is 0.646. The number of nitrogens with zero attached hydrogens (tertiary/aromatic N) is 2. The van der Waals surface area contributed by atoms with Crippen LogP contribution in [-0.4, -0.2) is 21.3 Å². The third-order valence-corrected chi connectivity index (χ3v) is 4.60. The summed E-state index contributed by atoms with van der Waals surface area (Å²) in [6, 6.07) is 15.0. The van der Waals surface area contributed by atoms with Crippen LogP contribution in [0.3, 0.4) is 0 Å². The van der Waals surface area contributed by atoms with E-state index in [2.05, 4.69) is 101 Å². The Balaban J connectivity index is 2.07. The highest BCUT2D eigenvalue weighted by Gasteiger charge is 2.32.